The highest BCUT2D eigenvalue weighted by molar-refractivity contribution is 5.77. The molecule has 0 N–H and O–H groups in total. The first-order chi connectivity index (χ1) is 17.3. The Morgan fingerprint density at radius 2 is 0.571 bits per heavy atom. The standard InChI is InChI=1S/C34H23N/c1-4-10-28(11-5-1)16-18-30-20-24-33(25-21-30)35(32-14-8-3-9-15-32)34-26-22-31(23-27-34)19-17-29-12-6-2-7-13-29/h1-15,20-27H. The highest BCUT2D eigenvalue weighted by Gasteiger charge is 2.11. The van der Waals surface area contributed by atoms with Crippen molar-refractivity contribution in [3.05, 3.63) is 162 Å². The molecule has 5 aromatic rings. The lowest BCUT2D eigenvalue weighted by molar-refractivity contribution is 1.28. The summed E-state index contributed by atoms with van der Waals surface area (Å²) in [5.41, 5.74) is 7.23. The molecule has 5 rings (SSSR count). The van der Waals surface area contributed by atoms with Crippen LogP contribution in [-0.4, -0.2) is 0 Å². The van der Waals surface area contributed by atoms with Crippen molar-refractivity contribution in [3.63, 3.8) is 0 Å². The van der Waals surface area contributed by atoms with Crippen molar-refractivity contribution >= 4 is 17.1 Å². The molecule has 1 heteroatoms. The zero-order chi connectivity index (χ0) is 23.7. The summed E-state index contributed by atoms with van der Waals surface area (Å²) in [4.78, 5) is 2.24. The minimum absolute atomic E-state index is 0.983. The SMILES string of the molecule is C(#Cc1ccc(N(c2ccccc2)c2ccc(C#Cc3ccccc3)cc2)cc1)c1ccccc1. The third-order valence-corrected chi connectivity index (χ3v) is 5.52. The number of hydrogen-bond acceptors (Lipinski definition) is 1. The van der Waals surface area contributed by atoms with E-state index in [1.807, 2.05) is 66.7 Å². The fourth-order valence-electron chi connectivity index (χ4n) is 3.74. The Morgan fingerprint density at radius 3 is 0.943 bits per heavy atom. The number of anilines is 3. The Labute approximate surface area is 207 Å². The molecule has 0 saturated heterocycles. The van der Waals surface area contributed by atoms with Crippen molar-refractivity contribution in [1.82, 2.24) is 0 Å². The summed E-state index contributed by atoms with van der Waals surface area (Å²) < 4.78 is 0. The second kappa shape index (κ2) is 10.8. The predicted molar refractivity (Wildman–Crippen MR) is 146 cm³/mol. The number of benzene rings is 5. The zero-order valence-electron chi connectivity index (χ0n) is 19.2. The van der Waals surface area contributed by atoms with Crippen molar-refractivity contribution in [3.8, 4) is 23.7 Å². The smallest absolute Gasteiger partial charge is 0.0462 e. The van der Waals surface area contributed by atoms with E-state index in [1.54, 1.807) is 0 Å². The largest absolute Gasteiger partial charge is 0.311 e. The van der Waals surface area contributed by atoms with Gasteiger partial charge in [0.05, 0.1) is 0 Å². The summed E-state index contributed by atoms with van der Waals surface area (Å²) in [5, 5.41) is 0. The van der Waals surface area contributed by atoms with Gasteiger partial charge >= 0.3 is 0 Å². The summed E-state index contributed by atoms with van der Waals surface area (Å²) in [6, 6.07) is 47.2. The van der Waals surface area contributed by atoms with Gasteiger partial charge in [0.25, 0.3) is 0 Å². The molecule has 0 amide bonds. The molecule has 0 aromatic heterocycles. The highest BCUT2D eigenvalue weighted by Crippen LogP contribution is 2.34. The fourth-order valence-corrected chi connectivity index (χ4v) is 3.74. The first-order valence-electron chi connectivity index (χ1n) is 11.5. The Morgan fingerprint density at radius 1 is 0.286 bits per heavy atom. The van der Waals surface area contributed by atoms with E-state index in [-0.39, 0.29) is 0 Å². The Bertz CT molecular complexity index is 1390. The molecule has 0 atom stereocenters. The Balaban J connectivity index is 1.43. The summed E-state index contributed by atoms with van der Waals surface area (Å²) in [6.45, 7) is 0. The van der Waals surface area contributed by atoms with E-state index < -0.39 is 0 Å². The van der Waals surface area contributed by atoms with E-state index in [2.05, 4.69) is 101 Å². The van der Waals surface area contributed by atoms with Gasteiger partial charge in [0.15, 0.2) is 0 Å². The van der Waals surface area contributed by atoms with E-state index in [4.69, 9.17) is 0 Å². The fraction of sp³-hybridized carbons (Fsp3) is 0. The van der Waals surface area contributed by atoms with Crippen molar-refractivity contribution < 1.29 is 0 Å². The topological polar surface area (TPSA) is 3.24 Å². The molecule has 164 valence electrons. The van der Waals surface area contributed by atoms with E-state index in [9.17, 15) is 0 Å². The molecular weight excluding hydrogens is 422 g/mol. The molecule has 0 aliphatic heterocycles. The van der Waals surface area contributed by atoms with Crippen LogP contribution >= 0.6 is 0 Å². The first-order valence-corrected chi connectivity index (χ1v) is 11.5. The minimum Gasteiger partial charge on any atom is -0.311 e. The molecule has 0 radical (unpaired) electrons. The van der Waals surface area contributed by atoms with Gasteiger partial charge in [-0.1, -0.05) is 78.3 Å². The van der Waals surface area contributed by atoms with Crippen LogP contribution in [0.2, 0.25) is 0 Å². The summed E-state index contributed by atoms with van der Waals surface area (Å²) >= 11 is 0. The second-order valence-corrected chi connectivity index (χ2v) is 8.00. The van der Waals surface area contributed by atoms with Gasteiger partial charge in [-0.25, -0.2) is 0 Å². The van der Waals surface area contributed by atoms with Crippen LogP contribution in [0.5, 0.6) is 0 Å². The van der Waals surface area contributed by atoms with Gasteiger partial charge in [0, 0.05) is 39.3 Å². The molecule has 0 fully saturated rings. The number of nitrogens with zero attached hydrogens (tertiary/aromatic N) is 1. The van der Waals surface area contributed by atoms with Crippen molar-refractivity contribution in [2.75, 3.05) is 4.90 Å². The third kappa shape index (κ3) is 5.69. The lowest BCUT2D eigenvalue weighted by atomic mass is 10.1. The van der Waals surface area contributed by atoms with E-state index >= 15 is 0 Å². The van der Waals surface area contributed by atoms with Crippen LogP contribution in [0, 0.1) is 23.7 Å². The van der Waals surface area contributed by atoms with Gasteiger partial charge in [-0.3, -0.25) is 0 Å². The molecule has 0 bridgehead atoms. The van der Waals surface area contributed by atoms with Crippen molar-refractivity contribution in [2.45, 2.75) is 0 Å². The van der Waals surface area contributed by atoms with Crippen LogP contribution in [-0.2, 0) is 0 Å². The maximum atomic E-state index is 3.26. The van der Waals surface area contributed by atoms with Crippen LogP contribution in [0.25, 0.3) is 0 Å². The maximum Gasteiger partial charge on any atom is 0.0462 e. The summed E-state index contributed by atoms with van der Waals surface area (Å²) in [5.74, 6) is 13.0. The van der Waals surface area contributed by atoms with Gasteiger partial charge in [0.2, 0.25) is 0 Å². The highest BCUT2D eigenvalue weighted by atomic mass is 15.1. The van der Waals surface area contributed by atoms with E-state index in [1.165, 1.54) is 0 Å². The van der Waals surface area contributed by atoms with Gasteiger partial charge in [-0.2, -0.15) is 0 Å². The van der Waals surface area contributed by atoms with Crippen molar-refractivity contribution in [1.29, 1.82) is 0 Å². The van der Waals surface area contributed by atoms with Gasteiger partial charge in [-0.05, 0) is 84.9 Å². The molecule has 35 heavy (non-hydrogen) atoms. The average molecular weight is 446 g/mol. The second-order valence-electron chi connectivity index (χ2n) is 8.00. The van der Waals surface area contributed by atoms with Crippen LogP contribution in [0.15, 0.2) is 140 Å². The molecular formula is C34H23N. The maximum absolute atomic E-state index is 3.26. The quantitative estimate of drug-likeness (QED) is 0.255. The molecule has 0 saturated carbocycles. The molecule has 5 aromatic carbocycles. The van der Waals surface area contributed by atoms with Gasteiger partial charge in [0.1, 0.15) is 0 Å². The molecule has 0 aliphatic carbocycles. The first kappa shape index (κ1) is 21.8. The number of para-hydroxylation sites is 1. The predicted octanol–water partition coefficient (Wildman–Crippen LogP) is 7.96. The van der Waals surface area contributed by atoms with Gasteiger partial charge in [-0.15, -0.1) is 0 Å². The Kier molecular flexibility index (Phi) is 6.71. The average Bonchev–Trinajstić information content (AvgIpc) is 2.94. The van der Waals surface area contributed by atoms with Crippen LogP contribution in [0.4, 0.5) is 17.1 Å². The van der Waals surface area contributed by atoms with Crippen LogP contribution in [0.1, 0.15) is 22.3 Å². The lowest BCUT2D eigenvalue weighted by Gasteiger charge is -2.25. The summed E-state index contributed by atoms with van der Waals surface area (Å²) in [7, 11) is 0. The van der Waals surface area contributed by atoms with E-state index in [0.717, 1.165) is 39.3 Å². The van der Waals surface area contributed by atoms with E-state index in [0.29, 0.717) is 0 Å². The Hall–Kier alpha value is -4.98. The third-order valence-electron chi connectivity index (χ3n) is 5.52. The molecule has 0 unspecified atom stereocenters. The van der Waals surface area contributed by atoms with Crippen LogP contribution < -0.4 is 4.90 Å². The lowest BCUT2D eigenvalue weighted by Crippen LogP contribution is -2.09. The number of hydrogen-bond donors (Lipinski definition) is 0. The van der Waals surface area contributed by atoms with Gasteiger partial charge < -0.3 is 4.90 Å². The zero-order valence-corrected chi connectivity index (χ0v) is 19.2. The van der Waals surface area contributed by atoms with Crippen LogP contribution in [0.3, 0.4) is 0 Å². The monoisotopic (exact) mass is 445 g/mol. The molecule has 0 aliphatic rings. The number of rotatable bonds is 3. The molecule has 0 heterocycles. The van der Waals surface area contributed by atoms with Crippen molar-refractivity contribution in [2.24, 2.45) is 0 Å². The normalized spacial score (nSPS) is 9.83. The summed E-state index contributed by atoms with van der Waals surface area (Å²) in [6.07, 6.45) is 0. The molecule has 1 nitrogen and oxygen atoms in total. The minimum atomic E-state index is 0.983. The molecule has 0 spiro atoms.